The molecule has 0 radical (unpaired) electrons. The lowest BCUT2D eigenvalue weighted by Crippen LogP contribution is -2.12. The first-order valence-corrected chi connectivity index (χ1v) is 6.31. The molecule has 0 aliphatic carbocycles. The Bertz CT molecular complexity index is 229. The molecule has 0 saturated heterocycles. The molecule has 0 atom stereocenters. The largest absolute Gasteiger partial charge is 0.469 e. The summed E-state index contributed by atoms with van der Waals surface area (Å²) in [7, 11) is 2.30. The van der Waals surface area contributed by atoms with E-state index in [4.69, 9.17) is 11.2 Å². The first-order valence-electron chi connectivity index (χ1n) is 3.32. The summed E-state index contributed by atoms with van der Waals surface area (Å²) in [6.45, 7) is -3.31. The monoisotopic (exact) mass is 228 g/mol. The summed E-state index contributed by atoms with van der Waals surface area (Å²) < 4.78 is 19.8. The van der Waals surface area contributed by atoms with Crippen molar-refractivity contribution in [1.29, 1.82) is 0 Å². The molecule has 0 amide bonds. The number of carbonyl (C=O) groups excluding carboxylic acids is 2. The van der Waals surface area contributed by atoms with E-state index in [2.05, 4.69) is 9.47 Å². The Balaban J connectivity index is 4.16. The molecule has 13 heavy (non-hydrogen) atoms. The number of methoxy groups -OCH3 is 2. The van der Waals surface area contributed by atoms with Crippen LogP contribution in [0.4, 0.5) is 0 Å². The van der Waals surface area contributed by atoms with E-state index in [1.54, 1.807) is 0 Å². The van der Waals surface area contributed by atoms with Gasteiger partial charge in [-0.1, -0.05) is 11.2 Å². The molecule has 0 unspecified atom stereocenters. The minimum Gasteiger partial charge on any atom is -0.469 e. The van der Waals surface area contributed by atoms with Crippen LogP contribution in [0.15, 0.2) is 0 Å². The Morgan fingerprint density at radius 1 is 1.15 bits per heavy atom. The van der Waals surface area contributed by atoms with Crippen LogP contribution in [0.3, 0.4) is 0 Å². The first kappa shape index (κ1) is 12.5. The Morgan fingerprint density at radius 3 is 1.69 bits per heavy atom. The minimum atomic E-state index is -3.31. The fourth-order valence-corrected chi connectivity index (χ4v) is 2.30. The van der Waals surface area contributed by atoms with Gasteiger partial charge in [0.25, 0.3) is 0 Å². The quantitative estimate of drug-likeness (QED) is 0.527. The van der Waals surface area contributed by atoms with Crippen LogP contribution in [0, 0.1) is 0 Å². The normalized spacial score (nSPS) is 10.7. The van der Waals surface area contributed by atoms with E-state index in [1.165, 1.54) is 0 Å². The zero-order chi connectivity index (χ0) is 10.5. The van der Waals surface area contributed by atoms with Crippen LogP contribution in [0.25, 0.3) is 0 Å². The third-order valence-corrected chi connectivity index (χ3v) is 3.36. The summed E-state index contributed by atoms with van der Waals surface area (Å²) in [5.41, 5.74) is 0. The number of hydrogen-bond acceptors (Lipinski definition) is 5. The van der Waals surface area contributed by atoms with Crippen molar-refractivity contribution in [2.75, 3.05) is 26.5 Å². The molecule has 0 fully saturated rings. The molecular weight excluding hydrogens is 218 g/mol. The molecular formula is C6H10ClO5P. The van der Waals surface area contributed by atoms with Crippen LogP contribution in [0.5, 0.6) is 0 Å². The Labute approximate surface area is 80.5 Å². The molecule has 0 heterocycles. The number of rotatable bonds is 4. The van der Waals surface area contributed by atoms with Crippen molar-refractivity contribution in [3.05, 3.63) is 0 Å². The Kier molecular flexibility index (Phi) is 5.03. The van der Waals surface area contributed by atoms with Crippen LogP contribution in [0.2, 0.25) is 0 Å². The second-order valence-electron chi connectivity index (χ2n) is 2.26. The maximum Gasteiger partial charge on any atom is 0.314 e. The van der Waals surface area contributed by atoms with Gasteiger partial charge >= 0.3 is 11.9 Å². The minimum absolute atomic E-state index is 0.458. The molecule has 0 aromatic rings. The van der Waals surface area contributed by atoms with Crippen molar-refractivity contribution in [3.8, 4) is 0 Å². The highest BCUT2D eigenvalue weighted by Gasteiger charge is 2.27. The van der Waals surface area contributed by atoms with Gasteiger partial charge in [-0.3, -0.25) is 9.59 Å². The van der Waals surface area contributed by atoms with Gasteiger partial charge in [-0.05, 0) is 0 Å². The third kappa shape index (κ3) is 5.66. The van der Waals surface area contributed by atoms with E-state index in [1.807, 2.05) is 0 Å². The van der Waals surface area contributed by atoms with Crippen LogP contribution in [-0.4, -0.2) is 38.5 Å². The summed E-state index contributed by atoms with van der Waals surface area (Å²) >= 11 is 5.44. The van der Waals surface area contributed by atoms with Gasteiger partial charge in [0.1, 0.15) is 12.3 Å². The predicted molar refractivity (Wildman–Crippen MR) is 47.2 cm³/mol. The molecule has 0 saturated carbocycles. The lowest BCUT2D eigenvalue weighted by molar-refractivity contribution is -0.137. The van der Waals surface area contributed by atoms with Crippen LogP contribution >= 0.6 is 17.7 Å². The van der Waals surface area contributed by atoms with Gasteiger partial charge in [0.2, 0.25) is 0 Å². The number of esters is 2. The molecule has 0 aromatic carbocycles. The van der Waals surface area contributed by atoms with Gasteiger partial charge < -0.3 is 14.0 Å². The van der Waals surface area contributed by atoms with E-state index in [0.29, 0.717) is 0 Å². The lowest BCUT2D eigenvalue weighted by Gasteiger charge is -2.06. The maximum atomic E-state index is 11.3. The summed E-state index contributed by atoms with van der Waals surface area (Å²) in [4.78, 5) is 21.3. The molecule has 0 aliphatic heterocycles. The smallest absolute Gasteiger partial charge is 0.314 e. The Morgan fingerprint density at radius 2 is 1.46 bits per heavy atom. The van der Waals surface area contributed by atoms with Gasteiger partial charge in [-0.2, -0.15) is 0 Å². The van der Waals surface area contributed by atoms with Crippen molar-refractivity contribution < 1.29 is 23.6 Å². The van der Waals surface area contributed by atoms with Gasteiger partial charge in [-0.15, -0.1) is 0 Å². The summed E-state index contributed by atoms with van der Waals surface area (Å²) in [6, 6.07) is 0. The standard InChI is InChI=1S/C6H10ClO5P/c1-11-5(8)3-13(7,10)4-6(9)12-2/h3-4H2,1-2H3. The highest BCUT2D eigenvalue weighted by atomic mass is 35.7. The van der Waals surface area contributed by atoms with Crippen molar-refractivity contribution >= 4 is 29.7 Å². The fourth-order valence-electron chi connectivity index (χ4n) is 0.571. The number of hydrogen-bond donors (Lipinski definition) is 0. The lowest BCUT2D eigenvalue weighted by atomic mass is 10.8. The average Bonchev–Trinajstić information content (AvgIpc) is 2.02. The average molecular weight is 229 g/mol. The predicted octanol–water partition coefficient (Wildman–Crippen LogP) is 0.849. The van der Waals surface area contributed by atoms with Crippen molar-refractivity contribution in [3.63, 3.8) is 0 Å². The molecule has 5 nitrogen and oxygen atoms in total. The number of carbonyl (C=O) groups is 2. The van der Waals surface area contributed by atoms with Gasteiger partial charge in [0, 0.05) is 0 Å². The molecule has 7 heteroatoms. The van der Waals surface area contributed by atoms with E-state index >= 15 is 0 Å². The van der Waals surface area contributed by atoms with Gasteiger partial charge in [-0.25, -0.2) is 0 Å². The van der Waals surface area contributed by atoms with Crippen molar-refractivity contribution in [2.24, 2.45) is 0 Å². The van der Waals surface area contributed by atoms with E-state index in [-0.39, 0.29) is 0 Å². The van der Waals surface area contributed by atoms with Crippen LogP contribution in [0.1, 0.15) is 0 Å². The first-order chi connectivity index (χ1) is 5.91. The van der Waals surface area contributed by atoms with Crippen LogP contribution in [-0.2, 0) is 23.6 Å². The SMILES string of the molecule is COC(=O)CP(=O)(Cl)CC(=O)OC. The summed E-state index contributed by atoms with van der Waals surface area (Å²) in [5.74, 6) is -1.41. The molecule has 0 bridgehead atoms. The highest BCUT2D eigenvalue weighted by Crippen LogP contribution is 2.50. The Hall–Kier alpha value is -0.540. The molecule has 0 aromatic heterocycles. The molecule has 0 spiro atoms. The topological polar surface area (TPSA) is 69.7 Å². The van der Waals surface area contributed by atoms with E-state index < -0.39 is 30.8 Å². The molecule has 0 aliphatic rings. The van der Waals surface area contributed by atoms with Crippen molar-refractivity contribution in [1.82, 2.24) is 0 Å². The zero-order valence-corrected chi connectivity index (χ0v) is 8.93. The maximum absolute atomic E-state index is 11.3. The van der Waals surface area contributed by atoms with Gasteiger partial charge in [0.05, 0.1) is 14.2 Å². The fraction of sp³-hybridized carbons (Fsp3) is 0.667. The summed E-state index contributed by atoms with van der Waals surface area (Å²) in [6.07, 6.45) is -0.916. The number of halogens is 1. The summed E-state index contributed by atoms with van der Waals surface area (Å²) in [5, 5.41) is 0. The zero-order valence-electron chi connectivity index (χ0n) is 7.28. The molecule has 76 valence electrons. The van der Waals surface area contributed by atoms with E-state index in [9.17, 15) is 14.2 Å². The second-order valence-corrected chi connectivity index (χ2v) is 6.32. The molecule has 0 rings (SSSR count). The van der Waals surface area contributed by atoms with E-state index in [0.717, 1.165) is 14.2 Å². The van der Waals surface area contributed by atoms with Crippen LogP contribution < -0.4 is 0 Å². The number of ether oxygens (including phenoxy) is 2. The highest BCUT2D eigenvalue weighted by molar-refractivity contribution is 7.90. The second kappa shape index (κ2) is 5.25. The van der Waals surface area contributed by atoms with Crippen molar-refractivity contribution in [2.45, 2.75) is 0 Å². The van der Waals surface area contributed by atoms with Gasteiger partial charge in [0.15, 0.2) is 6.49 Å². The molecule has 0 N–H and O–H groups in total. The third-order valence-electron chi connectivity index (χ3n) is 1.19.